The first-order valence-electron chi connectivity index (χ1n) is 0.667. The van der Waals surface area contributed by atoms with Crippen LogP contribution in [0.4, 0.5) is 0 Å². The van der Waals surface area contributed by atoms with Gasteiger partial charge in [-0.05, 0) is 0 Å². The maximum Gasteiger partial charge on any atom is 0 e. The molecule has 5 heavy (non-hydrogen) atoms. The van der Waals surface area contributed by atoms with Crippen molar-refractivity contribution in [3.63, 3.8) is 0 Å². The van der Waals surface area contributed by atoms with Gasteiger partial charge in [-0.3, -0.25) is 0 Å². The van der Waals surface area contributed by atoms with Gasteiger partial charge in [0.15, 0.2) is 0 Å². The third-order valence-electron chi connectivity index (χ3n) is 0. The van der Waals surface area contributed by atoms with E-state index in [1.165, 1.54) is 0 Å². The van der Waals surface area contributed by atoms with Gasteiger partial charge < -0.3 is 0 Å². The fourth-order valence-corrected chi connectivity index (χ4v) is 0. The van der Waals surface area contributed by atoms with Crippen LogP contribution in [0.5, 0.6) is 0 Å². The Morgan fingerprint density at radius 3 is 1.00 bits per heavy atom. The Labute approximate surface area is 83.4 Å². The SMILES string of the molecule is [B][B][B].[U].[U]. The smallest absolute Gasteiger partial charge is 0 e. The summed E-state index contributed by atoms with van der Waals surface area (Å²) in [6.45, 7) is 0. The van der Waals surface area contributed by atoms with Gasteiger partial charge in [-0.2, -0.15) is 0 Å². The average Bonchev–Trinajstić information content (AvgIpc) is 0.918. The standard InChI is InChI=1S/B3.2U/c1-3-2;;. The summed E-state index contributed by atoms with van der Waals surface area (Å²) in [7, 11) is 10.0. The maximum atomic E-state index is 4.50. The number of hydrogen-bond donors (Lipinski definition) is 0. The minimum absolute atomic E-state index is 0. The Morgan fingerprint density at radius 1 is 1.00 bits per heavy atom. The molecule has 17 valence electrons. The molecule has 0 aromatic heterocycles. The van der Waals surface area contributed by atoms with Crippen LogP contribution in [0.25, 0.3) is 0 Å². The molecule has 0 fully saturated rings. The quantitative estimate of drug-likeness (QED) is 0.363. The molecule has 0 aliphatic carbocycles. The van der Waals surface area contributed by atoms with E-state index < -0.39 is 0 Å². The summed E-state index contributed by atoms with van der Waals surface area (Å²) in [5, 5.41) is 0. The summed E-state index contributed by atoms with van der Waals surface area (Å²) < 4.78 is 0. The Hall–Kier alpha value is 2.30. The van der Waals surface area contributed by atoms with Gasteiger partial charge in [0.05, 0.1) is 0 Å². The zero-order chi connectivity index (χ0) is 2.71. The van der Waals surface area contributed by atoms with Gasteiger partial charge >= 0.3 is 0 Å². The average molecular weight is 508 g/mol. The van der Waals surface area contributed by atoms with Gasteiger partial charge in [-0.1, -0.05) is 0 Å². The van der Waals surface area contributed by atoms with Crippen LogP contribution in [0.15, 0.2) is 0 Å². The molecule has 0 N–H and O–H groups in total. The minimum atomic E-state index is 0. The van der Waals surface area contributed by atoms with Crippen LogP contribution >= 0.6 is 0 Å². The fourth-order valence-electron chi connectivity index (χ4n) is 0. The zero-order valence-electron chi connectivity index (χ0n) is 2.73. The molecule has 0 amide bonds. The molecule has 0 heterocycles. The van der Waals surface area contributed by atoms with E-state index in [0.717, 1.165) is 7.06 Å². The van der Waals surface area contributed by atoms with Crippen molar-refractivity contribution >= 4 is 22.5 Å². The van der Waals surface area contributed by atoms with Crippen LogP contribution in [0.1, 0.15) is 0 Å². The van der Waals surface area contributed by atoms with Gasteiger partial charge in [0.2, 0.25) is 0 Å². The first-order valence-corrected chi connectivity index (χ1v) is 0.667. The van der Waals surface area contributed by atoms with Gasteiger partial charge in [0.25, 0.3) is 0 Å². The van der Waals surface area contributed by atoms with E-state index in [-0.39, 0.29) is 62.2 Å². The van der Waals surface area contributed by atoms with Crippen molar-refractivity contribution in [1.29, 1.82) is 0 Å². The maximum absolute atomic E-state index is 4.50. The second kappa shape index (κ2) is 16.3. The van der Waals surface area contributed by atoms with Crippen molar-refractivity contribution in [2.75, 3.05) is 0 Å². The third-order valence-corrected chi connectivity index (χ3v) is 0. The summed E-state index contributed by atoms with van der Waals surface area (Å²) in [6.07, 6.45) is 0. The molecule has 0 bridgehead atoms. The van der Waals surface area contributed by atoms with Crippen LogP contribution < -0.4 is 0 Å². The second-order valence-corrected chi connectivity index (χ2v) is 0.192. The Morgan fingerprint density at radius 2 is 1.00 bits per heavy atom. The first kappa shape index (κ1) is 15.7. The molecule has 0 rings (SSSR count). The molecule has 0 spiro atoms. The summed E-state index contributed by atoms with van der Waals surface area (Å²) in [4.78, 5) is 0. The van der Waals surface area contributed by atoms with Gasteiger partial charge in [0.1, 0.15) is 0 Å². The predicted octanol–water partition coefficient (Wildman–Crippen LogP) is -1.14. The molecule has 5 radical (unpaired) electrons. The second-order valence-electron chi connectivity index (χ2n) is 0.192. The summed E-state index contributed by atoms with van der Waals surface area (Å²) >= 11 is 0. The van der Waals surface area contributed by atoms with Crippen LogP contribution in [0.3, 0.4) is 0 Å². The summed E-state index contributed by atoms with van der Waals surface area (Å²) in [5.41, 5.74) is 0. The Kier molecular flexibility index (Phi) is 50.9. The van der Waals surface area contributed by atoms with E-state index in [1.54, 1.807) is 0 Å². The Balaban J connectivity index is -0.0000000200. The Bertz CT molecular complexity index is 4.85. The predicted molar refractivity (Wildman–Crippen MR) is 17.3 cm³/mol. The van der Waals surface area contributed by atoms with Crippen molar-refractivity contribution in [2.45, 2.75) is 0 Å². The molecule has 0 unspecified atom stereocenters. The molecule has 0 saturated carbocycles. The van der Waals surface area contributed by atoms with Crippen LogP contribution in [-0.4, -0.2) is 22.5 Å². The largest absolute Gasteiger partial charge is 0 e. The normalized spacial score (nSPS) is 2.40. The molecule has 0 atom stereocenters. The van der Waals surface area contributed by atoms with Gasteiger partial charge in [-0.25, -0.2) is 0 Å². The molecule has 0 nitrogen and oxygen atoms in total. The molecular formula is B3U2. The van der Waals surface area contributed by atoms with Crippen LogP contribution in [-0.2, 0) is 0 Å². The number of hydrogen-bond acceptors (Lipinski definition) is 0. The molecule has 0 aromatic rings. The zero-order valence-corrected chi connectivity index (χ0v) is 11.1. The molecule has 0 aliphatic rings. The first-order chi connectivity index (χ1) is 1.41. The van der Waals surface area contributed by atoms with Crippen molar-refractivity contribution < 1.29 is 62.2 Å². The molecule has 0 aliphatic heterocycles. The van der Waals surface area contributed by atoms with E-state index in [4.69, 9.17) is 0 Å². The van der Waals surface area contributed by atoms with E-state index in [9.17, 15) is 0 Å². The summed E-state index contributed by atoms with van der Waals surface area (Å²) in [6, 6.07) is 0. The molecular weight excluding hydrogens is 508 g/mol. The third kappa shape index (κ3) is 22.0. The van der Waals surface area contributed by atoms with Gasteiger partial charge in [-0.15, -0.1) is 0 Å². The molecule has 5 heteroatoms. The van der Waals surface area contributed by atoms with E-state index >= 15 is 0 Å². The topological polar surface area (TPSA) is 0 Å². The van der Waals surface area contributed by atoms with Crippen molar-refractivity contribution in [1.82, 2.24) is 0 Å². The minimum Gasteiger partial charge on any atom is 0 e. The fraction of sp³-hybridized carbons (Fsp3) is 0. The van der Waals surface area contributed by atoms with Gasteiger partial charge in [0, 0.05) is 84.8 Å². The van der Waals surface area contributed by atoms with Crippen molar-refractivity contribution in [3.05, 3.63) is 0 Å². The van der Waals surface area contributed by atoms with E-state index in [0.29, 0.717) is 0 Å². The van der Waals surface area contributed by atoms with E-state index in [1.807, 2.05) is 0 Å². The van der Waals surface area contributed by atoms with Crippen LogP contribution in [0.2, 0.25) is 0 Å². The van der Waals surface area contributed by atoms with E-state index in [2.05, 4.69) is 15.5 Å². The van der Waals surface area contributed by atoms with Crippen molar-refractivity contribution in [3.8, 4) is 0 Å². The number of rotatable bonds is 0. The van der Waals surface area contributed by atoms with Crippen LogP contribution in [0, 0.1) is 62.2 Å². The van der Waals surface area contributed by atoms with Crippen molar-refractivity contribution in [2.24, 2.45) is 0 Å². The molecule has 0 aromatic carbocycles. The monoisotopic (exact) mass is 509 g/mol. The summed E-state index contributed by atoms with van der Waals surface area (Å²) in [5.74, 6) is 0. The molecule has 0 saturated heterocycles.